The van der Waals surface area contributed by atoms with Crippen LogP contribution in [-0.2, 0) is 19.1 Å². The maximum atomic E-state index is 12.5. The van der Waals surface area contributed by atoms with E-state index in [1.54, 1.807) is 6.92 Å². The fraction of sp³-hybridized carbons (Fsp3) is 0.826. The van der Waals surface area contributed by atoms with E-state index >= 15 is 0 Å². The number of ether oxygens (including phenoxy) is 2. The van der Waals surface area contributed by atoms with Gasteiger partial charge in [0.2, 0.25) is 0 Å². The molecule has 0 aromatic carbocycles. The van der Waals surface area contributed by atoms with Gasteiger partial charge in [0.05, 0.1) is 19.1 Å². The van der Waals surface area contributed by atoms with E-state index in [1.165, 1.54) is 38.5 Å². The summed E-state index contributed by atoms with van der Waals surface area (Å²) in [4.78, 5) is 24.0. The van der Waals surface area contributed by atoms with Crippen LogP contribution < -0.4 is 0 Å². The van der Waals surface area contributed by atoms with Gasteiger partial charge in [0.1, 0.15) is 0 Å². The van der Waals surface area contributed by atoms with Gasteiger partial charge in [-0.15, -0.1) is 0 Å². The van der Waals surface area contributed by atoms with Gasteiger partial charge in [0.15, 0.2) is 0 Å². The summed E-state index contributed by atoms with van der Waals surface area (Å²) in [6.45, 7) is 11.9. The minimum Gasteiger partial charge on any atom is -0.465 e. The first-order chi connectivity index (χ1) is 12.7. The second-order valence-corrected chi connectivity index (χ2v) is 9.76. The summed E-state index contributed by atoms with van der Waals surface area (Å²) in [7, 11) is 0. The van der Waals surface area contributed by atoms with Crippen LogP contribution in [-0.4, -0.2) is 25.2 Å². The number of carbonyl (C=O) groups is 2. The quantitative estimate of drug-likeness (QED) is 0.445. The second kappa shape index (κ2) is 9.75. The number of carbonyl (C=O) groups excluding carboxylic acids is 2. The average Bonchev–Trinajstić information content (AvgIpc) is 2.65. The molecule has 0 heterocycles. The smallest absolute Gasteiger partial charge is 0.333 e. The van der Waals surface area contributed by atoms with Gasteiger partial charge in [-0.3, -0.25) is 4.79 Å². The van der Waals surface area contributed by atoms with Crippen LogP contribution in [0.2, 0.25) is 0 Å². The molecular weight excluding hydrogens is 340 g/mol. The predicted octanol–water partition coefficient (Wildman–Crippen LogP) is 5.31. The van der Waals surface area contributed by atoms with Crippen LogP contribution >= 0.6 is 0 Å². The molecule has 2 fully saturated rings. The van der Waals surface area contributed by atoms with Gasteiger partial charge in [0.25, 0.3) is 0 Å². The Kier molecular flexibility index (Phi) is 7.93. The number of hydrogen-bond acceptors (Lipinski definition) is 4. The van der Waals surface area contributed by atoms with Crippen LogP contribution in [0.1, 0.15) is 79.1 Å². The third-order valence-electron chi connectivity index (χ3n) is 6.38. The summed E-state index contributed by atoms with van der Waals surface area (Å²) in [5, 5.41) is 0. The first-order valence-electron chi connectivity index (χ1n) is 10.7. The molecule has 0 spiro atoms. The number of esters is 2. The monoisotopic (exact) mass is 378 g/mol. The van der Waals surface area contributed by atoms with Gasteiger partial charge in [0, 0.05) is 11.0 Å². The summed E-state index contributed by atoms with van der Waals surface area (Å²) in [6.07, 6.45) is 9.74. The molecule has 154 valence electrons. The number of hydrogen-bond donors (Lipinski definition) is 0. The van der Waals surface area contributed by atoms with E-state index in [9.17, 15) is 9.59 Å². The summed E-state index contributed by atoms with van der Waals surface area (Å²) in [6, 6.07) is 0. The molecule has 4 heteroatoms. The highest BCUT2D eigenvalue weighted by Gasteiger charge is 2.33. The van der Waals surface area contributed by atoms with Gasteiger partial charge >= 0.3 is 11.9 Å². The van der Waals surface area contributed by atoms with E-state index < -0.39 is 11.4 Å². The normalized spacial score (nSPS) is 29.0. The number of rotatable bonds is 7. The molecule has 2 aliphatic rings. The molecule has 0 saturated heterocycles. The highest BCUT2D eigenvalue weighted by Crippen LogP contribution is 2.41. The third-order valence-corrected chi connectivity index (χ3v) is 6.38. The maximum absolute atomic E-state index is 12.5. The van der Waals surface area contributed by atoms with Crippen molar-refractivity contribution in [2.75, 3.05) is 13.2 Å². The second-order valence-electron chi connectivity index (χ2n) is 9.76. The van der Waals surface area contributed by atoms with Gasteiger partial charge in [-0.2, -0.15) is 0 Å². The van der Waals surface area contributed by atoms with Crippen molar-refractivity contribution in [1.29, 1.82) is 0 Å². The largest absolute Gasteiger partial charge is 0.465 e. The minimum absolute atomic E-state index is 0.0394. The molecule has 0 N–H and O–H groups in total. The lowest BCUT2D eigenvalue weighted by Gasteiger charge is -2.36. The predicted molar refractivity (Wildman–Crippen MR) is 107 cm³/mol. The molecule has 0 aromatic rings. The highest BCUT2D eigenvalue weighted by atomic mass is 16.5. The molecule has 0 aliphatic heterocycles. The Morgan fingerprint density at radius 3 is 1.89 bits per heavy atom. The summed E-state index contributed by atoms with van der Waals surface area (Å²) in [5.74, 6) is 2.14. The topological polar surface area (TPSA) is 52.6 Å². The summed E-state index contributed by atoms with van der Waals surface area (Å²) < 4.78 is 10.8. The molecule has 0 atom stereocenters. The molecule has 0 bridgehead atoms. The van der Waals surface area contributed by atoms with Crippen LogP contribution in [0.3, 0.4) is 0 Å². The molecule has 0 amide bonds. The Balaban J connectivity index is 1.69. The van der Waals surface area contributed by atoms with Gasteiger partial charge in [-0.05, 0) is 63.2 Å². The lowest BCUT2D eigenvalue weighted by atomic mass is 9.69. The standard InChI is InChI=1S/C23H38O4/c1-16(2)21(24)26-14-23(4,5)15-27-22(25)20-12-10-19(11-13-20)18-8-6-17(3)7-9-18/h17-20H,1,6-15H2,2-5H3. The van der Waals surface area contributed by atoms with Gasteiger partial charge < -0.3 is 9.47 Å². The molecule has 4 nitrogen and oxygen atoms in total. The van der Waals surface area contributed by atoms with E-state index in [1.807, 2.05) is 13.8 Å². The van der Waals surface area contributed by atoms with Gasteiger partial charge in [-0.1, -0.05) is 40.2 Å². The molecule has 0 unspecified atom stereocenters. The summed E-state index contributed by atoms with van der Waals surface area (Å²) in [5.41, 5.74) is -0.0106. The van der Waals surface area contributed by atoms with Crippen LogP contribution in [0, 0.1) is 29.1 Å². The molecule has 27 heavy (non-hydrogen) atoms. The Hall–Kier alpha value is -1.32. The SMILES string of the molecule is C=C(C)C(=O)OCC(C)(C)COC(=O)C1CCC(C2CCC(C)CC2)CC1. The van der Waals surface area contributed by atoms with Crippen LogP contribution in [0.15, 0.2) is 12.2 Å². The Labute approximate surface area is 165 Å². The van der Waals surface area contributed by atoms with Crippen molar-refractivity contribution in [3.8, 4) is 0 Å². The Morgan fingerprint density at radius 1 is 0.889 bits per heavy atom. The summed E-state index contributed by atoms with van der Waals surface area (Å²) >= 11 is 0. The molecule has 0 aromatic heterocycles. The average molecular weight is 379 g/mol. The van der Waals surface area contributed by atoms with E-state index in [0.717, 1.165) is 30.6 Å². The Bertz CT molecular complexity index is 520. The molecule has 2 rings (SSSR count). The van der Waals surface area contributed by atoms with Crippen molar-refractivity contribution >= 4 is 11.9 Å². The first-order valence-corrected chi connectivity index (χ1v) is 10.7. The first kappa shape index (κ1) is 22.0. The third kappa shape index (κ3) is 6.97. The fourth-order valence-corrected chi connectivity index (χ4v) is 4.39. The van der Waals surface area contributed by atoms with E-state index in [4.69, 9.17) is 9.47 Å². The molecule has 0 radical (unpaired) electrons. The molecular formula is C23H38O4. The van der Waals surface area contributed by atoms with Crippen molar-refractivity contribution in [3.63, 3.8) is 0 Å². The van der Waals surface area contributed by atoms with E-state index in [2.05, 4.69) is 13.5 Å². The van der Waals surface area contributed by atoms with E-state index in [0.29, 0.717) is 5.57 Å². The Morgan fingerprint density at radius 2 is 1.37 bits per heavy atom. The zero-order valence-corrected chi connectivity index (χ0v) is 17.7. The van der Waals surface area contributed by atoms with Crippen molar-refractivity contribution in [3.05, 3.63) is 12.2 Å². The minimum atomic E-state index is -0.398. The molecule has 2 aliphatic carbocycles. The maximum Gasteiger partial charge on any atom is 0.333 e. The molecule has 2 saturated carbocycles. The van der Waals surface area contributed by atoms with Crippen molar-refractivity contribution < 1.29 is 19.1 Å². The van der Waals surface area contributed by atoms with Crippen LogP contribution in [0.4, 0.5) is 0 Å². The lowest BCUT2D eigenvalue weighted by molar-refractivity contribution is -0.156. The van der Waals surface area contributed by atoms with E-state index in [-0.39, 0.29) is 25.1 Å². The van der Waals surface area contributed by atoms with Crippen molar-refractivity contribution in [2.24, 2.45) is 29.1 Å². The van der Waals surface area contributed by atoms with Crippen molar-refractivity contribution in [2.45, 2.75) is 79.1 Å². The zero-order chi connectivity index (χ0) is 20.0. The highest BCUT2D eigenvalue weighted by molar-refractivity contribution is 5.86. The van der Waals surface area contributed by atoms with Crippen LogP contribution in [0.5, 0.6) is 0 Å². The van der Waals surface area contributed by atoms with Crippen molar-refractivity contribution in [1.82, 2.24) is 0 Å². The van der Waals surface area contributed by atoms with Gasteiger partial charge in [-0.25, -0.2) is 4.79 Å². The lowest BCUT2D eigenvalue weighted by Crippen LogP contribution is -2.32. The van der Waals surface area contributed by atoms with Crippen LogP contribution in [0.25, 0.3) is 0 Å². The zero-order valence-electron chi connectivity index (χ0n) is 17.7. The fourth-order valence-electron chi connectivity index (χ4n) is 4.39.